The predicted molar refractivity (Wildman–Crippen MR) is 59.0 cm³/mol. The van der Waals surface area contributed by atoms with Gasteiger partial charge in [0.25, 0.3) is 0 Å². The second-order valence-electron chi connectivity index (χ2n) is 3.57. The van der Waals surface area contributed by atoms with Crippen LogP contribution in [0.15, 0.2) is 0 Å². The summed E-state index contributed by atoms with van der Waals surface area (Å²) < 4.78 is 5.42. The summed E-state index contributed by atoms with van der Waals surface area (Å²) in [6.45, 7) is 4.03. The summed E-state index contributed by atoms with van der Waals surface area (Å²) in [4.78, 5) is 11.1. The standard InChI is InChI=1S/C12H18NO2/c1-2-13-12(14)10-15-11-8-6-4-3-5-7-9-11/h11H,1-6,8,10H2,(H,13,14). The monoisotopic (exact) mass is 208 g/mol. The van der Waals surface area contributed by atoms with Crippen molar-refractivity contribution >= 4 is 5.91 Å². The Morgan fingerprint density at radius 2 is 2.33 bits per heavy atom. The first-order chi connectivity index (χ1) is 7.33. The molecule has 0 aliphatic heterocycles. The summed E-state index contributed by atoms with van der Waals surface area (Å²) in [5, 5.41) is 2.59. The lowest BCUT2D eigenvalue weighted by Crippen LogP contribution is -2.29. The van der Waals surface area contributed by atoms with E-state index in [2.05, 4.69) is 24.1 Å². The predicted octanol–water partition coefficient (Wildman–Crippen LogP) is 1.29. The van der Waals surface area contributed by atoms with Crippen molar-refractivity contribution in [1.82, 2.24) is 5.32 Å². The highest BCUT2D eigenvalue weighted by Gasteiger charge is 2.09. The third kappa shape index (κ3) is 5.44. The maximum absolute atomic E-state index is 11.1. The molecule has 0 aromatic heterocycles. The molecule has 1 rings (SSSR count). The Kier molecular flexibility index (Phi) is 5.87. The van der Waals surface area contributed by atoms with Crippen LogP contribution in [0.1, 0.15) is 32.1 Å². The van der Waals surface area contributed by atoms with Gasteiger partial charge < -0.3 is 10.1 Å². The molecular formula is C12H18NO2. The Balaban J connectivity index is 2.26. The van der Waals surface area contributed by atoms with E-state index in [1.54, 1.807) is 0 Å². The molecule has 0 saturated carbocycles. The first-order valence-corrected chi connectivity index (χ1v) is 5.49. The normalized spacial score (nSPS) is 20.7. The largest absolute Gasteiger partial charge is 0.356 e. The smallest absolute Gasteiger partial charge is 0.246 e. The van der Waals surface area contributed by atoms with Crippen molar-refractivity contribution in [3.05, 3.63) is 6.92 Å². The van der Waals surface area contributed by atoms with Gasteiger partial charge in [-0.15, -0.1) is 5.92 Å². The van der Waals surface area contributed by atoms with E-state index < -0.39 is 0 Å². The third-order valence-electron chi connectivity index (χ3n) is 2.27. The van der Waals surface area contributed by atoms with Crippen LogP contribution in [0.2, 0.25) is 0 Å². The first kappa shape index (κ1) is 12.1. The molecule has 1 atom stereocenters. The molecule has 0 aromatic rings. The number of rotatable bonds is 4. The zero-order chi connectivity index (χ0) is 10.9. The van der Waals surface area contributed by atoms with Gasteiger partial charge in [-0.3, -0.25) is 4.79 Å². The summed E-state index contributed by atoms with van der Waals surface area (Å²) in [5.74, 6) is 6.01. The molecule has 83 valence electrons. The number of amides is 1. The number of carbonyl (C=O) groups is 1. The molecule has 3 nitrogen and oxygen atoms in total. The number of carbonyl (C=O) groups excluding carboxylic acids is 1. The van der Waals surface area contributed by atoms with E-state index in [-0.39, 0.29) is 18.6 Å². The van der Waals surface area contributed by atoms with E-state index in [0.29, 0.717) is 6.54 Å². The van der Waals surface area contributed by atoms with Gasteiger partial charge >= 0.3 is 0 Å². The lowest BCUT2D eigenvalue weighted by atomic mass is 10.1. The molecule has 1 amide bonds. The Labute approximate surface area is 91.6 Å². The lowest BCUT2D eigenvalue weighted by molar-refractivity contribution is -0.126. The fraction of sp³-hybridized carbons (Fsp3) is 0.667. The van der Waals surface area contributed by atoms with E-state index >= 15 is 0 Å². The minimum absolute atomic E-state index is 0.0686. The topological polar surface area (TPSA) is 38.3 Å². The van der Waals surface area contributed by atoms with Crippen molar-refractivity contribution < 1.29 is 9.53 Å². The second kappa shape index (κ2) is 7.30. The average Bonchev–Trinajstić information content (AvgIpc) is 2.16. The van der Waals surface area contributed by atoms with Gasteiger partial charge in [-0.2, -0.15) is 0 Å². The van der Waals surface area contributed by atoms with Gasteiger partial charge in [0.1, 0.15) is 12.7 Å². The van der Waals surface area contributed by atoms with Gasteiger partial charge in [-0.1, -0.05) is 12.3 Å². The Hall–Kier alpha value is -1.01. The molecule has 0 aromatic carbocycles. The maximum Gasteiger partial charge on any atom is 0.246 e. The molecular weight excluding hydrogens is 190 g/mol. The van der Waals surface area contributed by atoms with E-state index in [9.17, 15) is 4.79 Å². The molecule has 15 heavy (non-hydrogen) atoms. The fourth-order valence-electron chi connectivity index (χ4n) is 1.47. The van der Waals surface area contributed by atoms with Crippen molar-refractivity contribution in [1.29, 1.82) is 0 Å². The Morgan fingerprint density at radius 1 is 1.47 bits per heavy atom. The quantitative estimate of drug-likeness (QED) is 0.707. The molecule has 1 radical (unpaired) electrons. The highest BCUT2D eigenvalue weighted by molar-refractivity contribution is 5.77. The van der Waals surface area contributed by atoms with E-state index in [1.165, 1.54) is 12.8 Å². The van der Waals surface area contributed by atoms with Crippen molar-refractivity contribution in [3.8, 4) is 11.8 Å². The zero-order valence-corrected chi connectivity index (χ0v) is 9.05. The second-order valence-corrected chi connectivity index (χ2v) is 3.57. The Bertz CT molecular complexity index is 252. The van der Waals surface area contributed by atoms with Crippen LogP contribution in [0, 0.1) is 18.8 Å². The van der Waals surface area contributed by atoms with Gasteiger partial charge in [0.05, 0.1) is 0 Å². The molecule has 0 saturated heterocycles. The SMILES string of the molecule is [CH2]CNC(=O)COC1C#CCCCCC1. The molecule has 0 spiro atoms. The number of hydrogen-bond donors (Lipinski definition) is 1. The van der Waals surface area contributed by atoms with Crippen LogP contribution >= 0.6 is 0 Å². The van der Waals surface area contributed by atoms with Crippen LogP contribution in [-0.2, 0) is 9.53 Å². The van der Waals surface area contributed by atoms with E-state index in [0.717, 1.165) is 19.3 Å². The van der Waals surface area contributed by atoms with Crippen molar-refractivity contribution in [3.63, 3.8) is 0 Å². The van der Waals surface area contributed by atoms with E-state index in [1.807, 2.05) is 0 Å². The highest BCUT2D eigenvalue weighted by Crippen LogP contribution is 2.10. The van der Waals surface area contributed by atoms with E-state index in [4.69, 9.17) is 4.74 Å². The molecule has 1 aliphatic rings. The summed E-state index contributed by atoms with van der Waals surface area (Å²) in [6, 6.07) is 0. The first-order valence-electron chi connectivity index (χ1n) is 5.49. The third-order valence-corrected chi connectivity index (χ3v) is 2.27. The zero-order valence-electron chi connectivity index (χ0n) is 9.05. The van der Waals surface area contributed by atoms with Crippen LogP contribution in [0.4, 0.5) is 0 Å². The molecule has 0 fully saturated rings. The summed E-state index contributed by atoms with van der Waals surface area (Å²) in [6.07, 6.45) is 5.34. The number of nitrogens with one attached hydrogen (secondary N) is 1. The van der Waals surface area contributed by atoms with Gasteiger partial charge in [-0.25, -0.2) is 0 Å². The van der Waals surface area contributed by atoms with Crippen LogP contribution < -0.4 is 5.32 Å². The van der Waals surface area contributed by atoms with Crippen LogP contribution in [-0.4, -0.2) is 25.2 Å². The van der Waals surface area contributed by atoms with Gasteiger partial charge in [0, 0.05) is 13.0 Å². The summed E-state index contributed by atoms with van der Waals surface area (Å²) in [5.41, 5.74) is 0. The lowest BCUT2D eigenvalue weighted by Gasteiger charge is -2.13. The molecule has 1 aliphatic carbocycles. The number of hydrogen-bond acceptors (Lipinski definition) is 2. The van der Waals surface area contributed by atoms with Crippen molar-refractivity contribution in [2.24, 2.45) is 0 Å². The van der Waals surface area contributed by atoms with Crippen LogP contribution in [0.3, 0.4) is 0 Å². The Morgan fingerprint density at radius 3 is 3.13 bits per heavy atom. The molecule has 1 N–H and O–H groups in total. The van der Waals surface area contributed by atoms with Crippen LogP contribution in [0.25, 0.3) is 0 Å². The van der Waals surface area contributed by atoms with Gasteiger partial charge in [0.2, 0.25) is 5.91 Å². The number of ether oxygens (including phenoxy) is 1. The maximum atomic E-state index is 11.1. The van der Waals surface area contributed by atoms with Crippen molar-refractivity contribution in [2.45, 2.75) is 38.2 Å². The molecule has 0 bridgehead atoms. The summed E-state index contributed by atoms with van der Waals surface area (Å²) in [7, 11) is 0. The minimum atomic E-state index is -0.117. The van der Waals surface area contributed by atoms with Crippen LogP contribution in [0.5, 0.6) is 0 Å². The molecule has 1 unspecified atom stereocenters. The highest BCUT2D eigenvalue weighted by atomic mass is 16.5. The molecule has 3 heteroatoms. The fourth-order valence-corrected chi connectivity index (χ4v) is 1.47. The molecule has 0 heterocycles. The summed E-state index contributed by atoms with van der Waals surface area (Å²) >= 11 is 0. The van der Waals surface area contributed by atoms with Gasteiger partial charge in [-0.05, 0) is 26.2 Å². The van der Waals surface area contributed by atoms with Gasteiger partial charge in [0.15, 0.2) is 0 Å². The van der Waals surface area contributed by atoms with Crippen molar-refractivity contribution in [2.75, 3.05) is 13.2 Å². The average molecular weight is 208 g/mol. The minimum Gasteiger partial charge on any atom is -0.356 e.